The van der Waals surface area contributed by atoms with Crippen molar-refractivity contribution < 1.29 is 19.0 Å². The smallest absolute Gasteiger partial charge is 0.129 e. The van der Waals surface area contributed by atoms with Gasteiger partial charge in [0.05, 0.1) is 25.6 Å². The van der Waals surface area contributed by atoms with Gasteiger partial charge in [-0.25, -0.2) is 0 Å². The molecule has 1 N–H and O–H groups in total. The SMILES string of the molecule is COCCN(Cc1ccccc1C)C[C@H](O)COCc1ccco1. The Labute approximate surface area is 143 Å². The van der Waals surface area contributed by atoms with Crippen LogP contribution in [0.15, 0.2) is 47.1 Å². The number of hydrogen-bond acceptors (Lipinski definition) is 5. The molecule has 5 heteroatoms. The highest BCUT2D eigenvalue weighted by molar-refractivity contribution is 5.25. The minimum absolute atomic E-state index is 0.276. The van der Waals surface area contributed by atoms with Crippen LogP contribution in [0.25, 0.3) is 0 Å². The average Bonchev–Trinajstić information content (AvgIpc) is 3.08. The molecule has 0 bridgehead atoms. The monoisotopic (exact) mass is 333 g/mol. The molecule has 1 aromatic heterocycles. The van der Waals surface area contributed by atoms with Crippen molar-refractivity contribution in [2.24, 2.45) is 0 Å². The van der Waals surface area contributed by atoms with Gasteiger partial charge in [0.25, 0.3) is 0 Å². The normalized spacial score (nSPS) is 12.7. The molecule has 5 nitrogen and oxygen atoms in total. The second kappa shape index (κ2) is 10.3. The summed E-state index contributed by atoms with van der Waals surface area (Å²) >= 11 is 0. The third-order valence-electron chi connectivity index (χ3n) is 3.87. The summed E-state index contributed by atoms with van der Waals surface area (Å²) in [6, 6.07) is 12.0. The van der Waals surface area contributed by atoms with E-state index in [9.17, 15) is 5.11 Å². The van der Waals surface area contributed by atoms with Crippen molar-refractivity contribution in [3.8, 4) is 0 Å². The zero-order valence-corrected chi connectivity index (χ0v) is 14.5. The Balaban J connectivity index is 1.81. The summed E-state index contributed by atoms with van der Waals surface area (Å²) in [5, 5.41) is 10.3. The van der Waals surface area contributed by atoms with Crippen LogP contribution in [0, 0.1) is 6.92 Å². The van der Waals surface area contributed by atoms with Crippen molar-refractivity contribution in [2.45, 2.75) is 26.2 Å². The molecule has 1 aromatic carbocycles. The highest BCUT2D eigenvalue weighted by atomic mass is 16.5. The highest BCUT2D eigenvalue weighted by Crippen LogP contribution is 2.11. The Hall–Kier alpha value is -1.66. The summed E-state index contributed by atoms with van der Waals surface area (Å²) in [7, 11) is 1.69. The van der Waals surface area contributed by atoms with Gasteiger partial charge >= 0.3 is 0 Å². The number of furan rings is 1. The van der Waals surface area contributed by atoms with Crippen molar-refractivity contribution in [3.05, 3.63) is 59.5 Å². The standard InChI is InChI=1S/C19H27NO4/c1-16-6-3-4-7-17(16)12-20(9-11-22-2)13-18(21)14-23-15-19-8-5-10-24-19/h3-8,10,18,21H,9,11-15H2,1-2H3/t18-/m0/s1. The van der Waals surface area contributed by atoms with Crippen molar-refractivity contribution in [2.75, 3.05) is 33.4 Å². The number of methoxy groups -OCH3 is 1. The minimum atomic E-state index is -0.555. The van der Waals surface area contributed by atoms with Crippen LogP contribution in [-0.4, -0.2) is 49.5 Å². The molecule has 0 aliphatic heterocycles. The van der Waals surface area contributed by atoms with Gasteiger partial charge in [-0.1, -0.05) is 24.3 Å². The van der Waals surface area contributed by atoms with Gasteiger partial charge in [-0.3, -0.25) is 4.90 Å². The zero-order valence-electron chi connectivity index (χ0n) is 14.5. The molecule has 2 aromatic rings. The summed E-state index contributed by atoms with van der Waals surface area (Å²) in [4.78, 5) is 2.19. The number of hydrogen-bond donors (Lipinski definition) is 1. The highest BCUT2D eigenvalue weighted by Gasteiger charge is 2.13. The molecular weight excluding hydrogens is 306 g/mol. The third kappa shape index (κ3) is 6.45. The van der Waals surface area contributed by atoms with E-state index in [2.05, 4.69) is 24.0 Å². The van der Waals surface area contributed by atoms with Crippen LogP contribution >= 0.6 is 0 Å². The van der Waals surface area contributed by atoms with Crippen LogP contribution in [0.2, 0.25) is 0 Å². The third-order valence-corrected chi connectivity index (χ3v) is 3.87. The molecule has 0 unspecified atom stereocenters. The second-order valence-corrected chi connectivity index (χ2v) is 5.90. The van der Waals surface area contributed by atoms with E-state index in [1.54, 1.807) is 13.4 Å². The average molecular weight is 333 g/mol. The molecule has 0 fully saturated rings. The molecule has 0 amide bonds. The molecule has 0 saturated carbocycles. The second-order valence-electron chi connectivity index (χ2n) is 5.90. The number of benzene rings is 1. The lowest BCUT2D eigenvalue weighted by Gasteiger charge is -2.25. The Morgan fingerprint density at radius 2 is 2.04 bits per heavy atom. The van der Waals surface area contributed by atoms with Crippen molar-refractivity contribution in [1.82, 2.24) is 4.90 Å². The molecule has 0 aliphatic rings. The fourth-order valence-corrected chi connectivity index (χ4v) is 2.52. The Bertz CT molecular complexity index is 571. The number of nitrogens with zero attached hydrogens (tertiary/aromatic N) is 1. The maximum absolute atomic E-state index is 10.3. The number of ether oxygens (including phenoxy) is 2. The van der Waals surface area contributed by atoms with E-state index in [4.69, 9.17) is 13.9 Å². The van der Waals surface area contributed by atoms with E-state index < -0.39 is 6.10 Å². The van der Waals surface area contributed by atoms with E-state index in [0.717, 1.165) is 18.8 Å². The van der Waals surface area contributed by atoms with Crippen molar-refractivity contribution >= 4 is 0 Å². The number of aliphatic hydroxyl groups excluding tert-OH is 1. The molecule has 24 heavy (non-hydrogen) atoms. The van der Waals surface area contributed by atoms with Crippen molar-refractivity contribution in [1.29, 1.82) is 0 Å². The van der Waals surface area contributed by atoms with E-state index in [-0.39, 0.29) is 6.61 Å². The number of aryl methyl sites for hydroxylation is 1. The molecular formula is C19H27NO4. The summed E-state index contributed by atoms with van der Waals surface area (Å²) < 4.78 is 15.9. The zero-order chi connectivity index (χ0) is 17.2. The lowest BCUT2D eigenvalue weighted by molar-refractivity contribution is 0.000458. The lowest BCUT2D eigenvalue weighted by atomic mass is 10.1. The molecule has 0 aliphatic carbocycles. The van der Waals surface area contributed by atoms with Gasteiger partial charge in [-0.2, -0.15) is 0 Å². The topological polar surface area (TPSA) is 55.1 Å². The predicted molar refractivity (Wildman–Crippen MR) is 92.7 cm³/mol. The van der Waals surface area contributed by atoms with E-state index in [1.807, 2.05) is 24.3 Å². The molecule has 132 valence electrons. The van der Waals surface area contributed by atoms with Crippen LogP contribution < -0.4 is 0 Å². The van der Waals surface area contributed by atoms with Crippen LogP contribution in [0.1, 0.15) is 16.9 Å². The number of aliphatic hydroxyl groups is 1. The minimum Gasteiger partial charge on any atom is -0.467 e. The van der Waals surface area contributed by atoms with Crippen LogP contribution in [-0.2, 0) is 22.6 Å². The summed E-state index contributed by atoms with van der Waals surface area (Å²) in [5.41, 5.74) is 2.51. The maximum atomic E-state index is 10.3. The molecule has 2 rings (SSSR count). The first-order chi connectivity index (χ1) is 11.7. The molecule has 1 heterocycles. The van der Waals surface area contributed by atoms with Gasteiger partial charge in [0.15, 0.2) is 0 Å². The van der Waals surface area contributed by atoms with Gasteiger partial charge in [-0.05, 0) is 30.2 Å². The van der Waals surface area contributed by atoms with E-state index in [0.29, 0.717) is 19.8 Å². The fourth-order valence-electron chi connectivity index (χ4n) is 2.52. The van der Waals surface area contributed by atoms with E-state index in [1.165, 1.54) is 11.1 Å². The molecule has 0 saturated heterocycles. The fraction of sp³-hybridized carbons (Fsp3) is 0.474. The Morgan fingerprint density at radius 3 is 2.75 bits per heavy atom. The Kier molecular flexibility index (Phi) is 7.98. The summed E-state index contributed by atoms with van der Waals surface area (Å²) in [6.45, 7) is 5.47. The van der Waals surface area contributed by atoms with Crippen molar-refractivity contribution in [3.63, 3.8) is 0 Å². The predicted octanol–water partition coefficient (Wildman–Crippen LogP) is 2.61. The Morgan fingerprint density at radius 1 is 1.21 bits per heavy atom. The first-order valence-corrected chi connectivity index (χ1v) is 8.23. The molecule has 0 spiro atoms. The molecule has 0 radical (unpaired) electrons. The van der Waals surface area contributed by atoms with E-state index >= 15 is 0 Å². The summed E-state index contributed by atoms with van der Waals surface area (Å²) in [6.07, 6.45) is 1.06. The van der Waals surface area contributed by atoms with Crippen LogP contribution in [0.5, 0.6) is 0 Å². The van der Waals surface area contributed by atoms with Crippen LogP contribution in [0.3, 0.4) is 0 Å². The lowest BCUT2D eigenvalue weighted by Crippen LogP contribution is -2.36. The maximum Gasteiger partial charge on any atom is 0.129 e. The first kappa shape index (κ1) is 18.7. The quantitative estimate of drug-likeness (QED) is 0.685. The first-order valence-electron chi connectivity index (χ1n) is 8.23. The van der Waals surface area contributed by atoms with Gasteiger partial charge in [0, 0.05) is 26.7 Å². The number of rotatable bonds is 11. The van der Waals surface area contributed by atoms with Gasteiger partial charge in [0.2, 0.25) is 0 Å². The van der Waals surface area contributed by atoms with Gasteiger partial charge in [0.1, 0.15) is 12.4 Å². The summed E-state index contributed by atoms with van der Waals surface area (Å²) in [5.74, 6) is 0.762. The van der Waals surface area contributed by atoms with Gasteiger partial charge in [-0.15, -0.1) is 0 Å². The van der Waals surface area contributed by atoms with Crippen LogP contribution in [0.4, 0.5) is 0 Å². The largest absolute Gasteiger partial charge is 0.467 e. The van der Waals surface area contributed by atoms with Gasteiger partial charge < -0.3 is 19.0 Å². The molecule has 1 atom stereocenters.